The Morgan fingerprint density at radius 1 is 0.955 bits per heavy atom. The number of ether oxygens (including phenoxy) is 2. The molecule has 22 heavy (non-hydrogen) atoms. The molecule has 1 aromatic heterocycles. The monoisotopic (exact) mass is 293 g/mol. The quantitative estimate of drug-likeness (QED) is 0.691. The van der Waals surface area contributed by atoms with Gasteiger partial charge in [0.25, 0.3) is 0 Å². The molecule has 0 fully saturated rings. The van der Waals surface area contributed by atoms with Crippen LogP contribution in [0.3, 0.4) is 0 Å². The van der Waals surface area contributed by atoms with Crippen molar-refractivity contribution in [1.82, 2.24) is 4.98 Å². The molecular formula is C18H15NO3. The number of hydrogen-bond donors (Lipinski definition) is 0. The first kappa shape index (κ1) is 14.1. The fraction of sp³-hybridized carbons (Fsp3) is 0.111. The van der Waals surface area contributed by atoms with Crippen LogP contribution in [0.5, 0.6) is 11.6 Å². The van der Waals surface area contributed by atoms with Crippen LogP contribution in [0.1, 0.15) is 15.9 Å². The molecule has 0 atom stereocenters. The van der Waals surface area contributed by atoms with Crippen molar-refractivity contribution in [1.29, 1.82) is 0 Å². The van der Waals surface area contributed by atoms with Crippen molar-refractivity contribution in [2.75, 3.05) is 14.2 Å². The molecule has 3 aromatic rings. The topological polar surface area (TPSA) is 48.4 Å². The summed E-state index contributed by atoms with van der Waals surface area (Å²) in [4.78, 5) is 17.1. The average Bonchev–Trinajstić information content (AvgIpc) is 2.60. The van der Waals surface area contributed by atoms with Crippen molar-refractivity contribution in [2.24, 2.45) is 0 Å². The highest BCUT2D eigenvalue weighted by Gasteiger charge is 2.17. The number of methoxy groups -OCH3 is 2. The zero-order valence-corrected chi connectivity index (χ0v) is 12.4. The second-order valence-corrected chi connectivity index (χ2v) is 4.80. The van der Waals surface area contributed by atoms with Gasteiger partial charge in [-0.3, -0.25) is 4.79 Å². The summed E-state index contributed by atoms with van der Waals surface area (Å²) >= 11 is 0. The molecule has 0 saturated carbocycles. The first-order chi connectivity index (χ1) is 10.7. The van der Waals surface area contributed by atoms with Crippen LogP contribution in [0.2, 0.25) is 0 Å². The van der Waals surface area contributed by atoms with Gasteiger partial charge in [0, 0.05) is 10.9 Å². The maximum absolute atomic E-state index is 12.7. The summed E-state index contributed by atoms with van der Waals surface area (Å²) in [6.07, 6.45) is 0. The van der Waals surface area contributed by atoms with Crippen LogP contribution >= 0.6 is 0 Å². The molecule has 2 aromatic carbocycles. The van der Waals surface area contributed by atoms with Crippen molar-refractivity contribution < 1.29 is 14.3 Å². The van der Waals surface area contributed by atoms with E-state index in [0.717, 1.165) is 16.7 Å². The number of hydrogen-bond acceptors (Lipinski definition) is 4. The molecule has 0 N–H and O–H groups in total. The minimum absolute atomic E-state index is 0.116. The first-order valence-electron chi connectivity index (χ1n) is 6.85. The van der Waals surface area contributed by atoms with Gasteiger partial charge >= 0.3 is 0 Å². The van der Waals surface area contributed by atoms with Crippen LogP contribution < -0.4 is 9.47 Å². The third-order valence-electron chi connectivity index (χ3n) is 3.46. The predicted octanol–water partition coefficient (Wildman–Crippen LogP) is 3.48. The maximum atomic E-state index is 12.7. The molecule has 4 heteroatoms. The van der Waals surface area contributed by atoms with Gasteiger partial charge < -0.3 is 9.47 Å². The van der Waals surface area contributed by atoms with Crippen molar-refractivity contribution in [3.8, 4) is 11.6 Å². The smallest absolute Gasteiger partial charge is 0.225 e. The Hall–Kier alpha value is -2.88. The van der Waals surface area contributed by atoms with Gasteiger partial charge in [0.1, 0.15) is 5.75 Å². The molecule has 0 aliphatic carbocycles. The predicted molar refractivity (Wildman–Crippen MR) is 84.7 cm³/mol. The van der Waals surface area contributed by atoms with E-state index in [1.54, 1.807) is 25.3 Å². The maximum Gasteiger partial charge on any atom is 0.225 e. The number of rotatable bonds is 4. The van der Waals surface area contributed by atoms with Gasteiger partial charge in [0.05, 0.1) is 25.3 Å². The Kier molecular flexibility index (Phi) is 3.74. The van der Waals surface area contributed by atoms with Gasteiger partial charge in [-0.1, -0.05) is 30.3 Å². The molecule has 0 spiro atoms. The summed E-state index contributed by atoms with van der Waals surface area (Å²) in [5, 5.41) is 0.833. The lowest BCUT2D eigenvalue weighted by Gasteiger charge is -2.09. The zero-order chi connectivity index (χ0) is 15.5. The Balaban J connectivity index is 2.16. The van der Waals surface area contributed by atoms with E-state index in [4.69, 9.17) is 9.47 Å². The van der Waals surface area contributed by atoms with E-state index in [1.807, 2.05) is 36.4 Å². The molecule has 0 aliphatic heterocycles. The Morgan fingerprint density at radius 2 is 1.73 bits per heavy atom. The molecule has 4 nitrogen and oxygen atoms in total. The van der Waals surface area contributed by atoms with Gasteiger partial charge in [0.15, 0.2) is 5.78 Å². The van der Waals surface area contributed by atoms with Crippen LogP contribution in [-0.2, 0) is 0 Å². The van der Waals surface area contributed by atoms with Crippen LogP contribution in [0.4, 0.5) is 0 Å². The number of carbonyl (C=O) groups is 1. The molecule has 0 radical (unpaired) electrons. The third kappa shape index (κ3) is 2.51. The van der Waals surface area contributed by atoms with Crippen molar-refractivity contribution in [3.05, 3.63) is 65.7 Å². The van der Waals surface area contributed by atoms with E-state index in [9.17, 15) is 4.79 Å². The molecule has 0 bridgehead atoms. The van der Waals surface area contributed by atoms with Crippen molar-refractivity contribution in [3.63, 3.8) is 0 Å². The number of benzene rings is 2. The summed E-state index contributed by atoms with van der Waals surface area (Å²) in [5.74, 6) is 0.929. The standard InChI is InChI=1S/C18H15NO3/c1-21-14-8-9-16-13(10-14)11-15(18(19-16)22-2)17(20)12-6-4-3-5-7-12/h3-11H,1-2H3. The largest absolute Gasteiger partial charge is 0.497 e. The highest BCUT2D eigenvalue weighted by molar-refractivity contribution is 6.11. The number of fused-ring (bicyclic) bond motifs is 1. The summed E-state index contributed by atoms with van der Waals surface area (Å²) in [7, 11) is 3.12. The fourth-order valence-corrected chi connectivity index (χ4v) is 2.33. The summed E-state index contributed by atoms with van der Waals surface area (Å²) in [6, 6.07) is 16.4. The fourth-order valence-electron chi connectivity index (χ4n) is 2.33. The molecule has 110 valence electrons. The van der Waals surface area contributed by atoms with Crippen LogP contribution in [0.15, 0.2) is 54.6 Å². The second-order valence-electron chi connectivity index (χ2n) is 4.80. The molecule has 0 unspecified atom stereocenters. The lowest BCUT2D eigenvalue weighted by atomic mass is 10.0. The van der Waals surface area contributed by atoms with E-state index < -0.39 is 0 Å². The normalized spacial score (nSPS) is 10.5. The highest BCUT2D eigenvalue weighted by atomic mass is 16.5. The molecule has 3 rings (SSSR count). The minimum atomic E-state index is -0.116. The van der Waals surface area contributed by atoms with Crippen molar-refractivity contribution in [2.45, 2.75) is 0 Å². The zero-order valence-electron chi connectivity index (χ0n) is 12.4. The van der Waals surface area contributed by atoms with E-state index in [-0.39, 0.29) is 5.78 Å². The van der Waals surface area contributed by atoms with E-state index in [2.05, 4.69) is 4.98 Å². The first-order valence-corrected chi connectivity index (χ1v) is 6.85. The van der Waals surface area contributed by atoms with Crippen LogP contribution in [0.25, 0.3) is 10.9 Å². The van der Waals surface area contributed by atoms with Gasteiger partial charge in [0.2, 0.25) is 5.88 Å². The highest BCUT2D eigenvalue weighted by Crippen LogP contribution is 2.27. The number of carbonyl (C=O) groups excluding carboxylic acids is 1. The molecule has 0 saturated heterocycles. The van der Waals surface area contributed by atoms with Gasteiger partial charge in [-0.05, 0) is 24.3 Å². The lowest BCUT2D eigenvalue weighted by Crippen LogP contribution is -2.05. The van der Waals surface area contributed by atoms with Crippen molar-refractivity contribution >= 4 is 16.7 Å². The van der Waals surface area contributed by atoms with E-state index in [0.29, 0.717) is 17.0 Å². The Morgan fingerprint density at radius 3 is 2.41 bits per heavy atom. The van der Waals surface area contributed by atoms with E-state index in [1.165, 1.54) is 7.11 Å². The second kappa shape index (κ2) is 5.85. The van der Waals surface area contributed by atoms with Gasteiger partial charge in [-0.2, -0.15) is 0 Å². The Bertz CT molecular complexity index is 828. The Labute approximate surface area is 128 Å². The number of aromatic nitrogens is 1. The minimum Gasteiger partial charge on any atom is -0.497 e. The number of pyridine rings is 1. The van der Waals surface area contributed by atoms with E-state index >= 15 is 0 Å². The van der Waals surface area contributed by atoms with Gasteiger partial charge in [-0.15, -0.1) is 0 Å². The lowest BCUT2D eigenvalue weighted by molar-refractivity contribution is 0.103. The number of ketones is 1. The SMILES string of the molecule is COc1ccc2nc(OC)c(C(=O)c3ccccc3)cc2c1. The summed E-state index contributed by atoms with van der Waals surface area (Å²) < 4.78 is 10.5. The van der Waals surface area contributed by atoms with Crippen LogP contribution in [-0.4, -0.2) is 25.0 Å². The van der Waals surface area contributed by atoms with Crippen LogP contribution in [0, 0.1) is 0 Å². The summed E-state index contributed by atoms with van der Waals surface area (Å²) in [6.45, 7) is 0. The third-order valence-corrected chi connectivity index (χ3v) is 3.46. The summed E-state index contributed by atoms with van der Waals surface area (Å²) in [5.41, 5.74) is 1.79. The molecule has 0 amide bonds. The molecule has 0 aliphatic rings. The molecular weight excluding hydrogens is 278 g/mol. The number of nitrogens with zero attached hydrogens (tertiary/aromatic N) is 1. The average molecular weight is 293 g/mol. The molecule has 1 heterocycles. The van der Waals surface area contributed by atoms with Gasteiger partial charge in [-0.25, -0.2) is 4.98 Å².